The molecule has 0 heterocycles. The first-order chi connectivity index (χ1) is 8.83. The Labute approximate surface area is 110 Å². The number of ether oxygens (including phenoxy) is 1. The van der Waals surface area contributed by atoms with Gasteiger partial charge in [0.1, 0.15) is 12.5 Å². The van der Waals surface area contributed by atoms with Gasteiger partial charge in [-0.2, -0.15) is 0 Å². The van der Waals surface area contributed by atoms with Gasteiger partial charge in [0.2, 0.25) is 0 Å². The summed E-state index contributed by atoms with van der Waals surface area (Å²) in [6.07, 6.45) is 6.91. The average Bonchev–Trinajstić information content (AvgIpc) is 2.49. The molecule has 1 aromatic carbocycles. The number of benzene rings is 1. The SMILES string of the molecule is C=O.CCC1CCC(c2ccc(OC)cc2)CC1. The fraction of sp³-hybridized carbons (Fsp3) is 0.562. The summed E-state index contributed by atoms with van der Waals surface area (Å²) < 4.78 is 5.19. The number of carbonyl (C=O) groups excluding carboxylic acids is 1. The molecule has 18 heavy (non-hydrogen) atoms. The largest absolute Gasteiger partial charge is 0.497 e. The maximum atomic E-state index is 8.00. The zero-order valence-electron chi connectivity index (χ0n) is 11.5. The molecule has 0 bridgehead atoms. The molecule has 1 aliphatic rings. The quantitative estimate of drug-likeness (QED) is 0.801. The lowest BCUT2D eigenvalue weighted by Crippen LogP contribution is -2.12. The highest BCUT2D eigenvalue weighted by Crippen LogP contribution is 2.37. The summed E-state index contributed by atoms with van der Waals surface area (Å²) in [5.74, 6) is 2.73. The van der Waals surface area contributed by atoms with Crippen molar-refractivity contribution in [3.8, 4) is 5.75 Å². The van der Waals surface area contributed by atoms with Crippen molar-refractivity contribution < 1.29 is 9.53 Å². The third-order valence-electron chi connectivity index (χ3n) is 4.01. The summed E-state index contributed by atoms with van der Waals surface area (Å²) in [6.45, 7) is 4.32. The molecule has 2 nitrogen and oxygen atoms in total. The molecular weight excluding hydrogens is 224 g/mol. The molecule has 100 valence electrons. The van der Waals surface area contributed by atoms with Crippen molar-refractivity contribution in [2.45, 2.75) is 44.9 Å². The van der Waals surface area contributed by atoms with E-state index in [1.54, 1.807) is 7.11 Å². The monoisotopic (exact) mass is 248 g/mol. The molecule has 1 aliphatic carbocycles. The van der Waals surface area contributed by atoms with E-state index in [1.165, 1.54) is 37.7 Å². The van der Waals surface area contributed by atoms with Crippen molar-refractivity contribution in [1.82, 2.24) is 0 Å². The lowest BCUT2D eigenvalue weighted by molar-refractivity contribution is -0.0979. The zero-order valence-corrected chi connectivity index (χ0v) is 11.5. The molecule has 0 amide bonds. The first kappa shape index (κ1) is 14.7. The first-order valence-electron chi connectivity index (χ1n) is 6.76. The minimum Gasteiger partial charge on any atom is -0.497 e. The molecule has 0 aliphatic heterocycles. The minimum absolute atomic E-state index is 0.786. The highest BCUT2D eigenvalue weighted by molar-refractivity contribution is 5.29. The van der Waals surface area contributed by atoms with Crippen LogP contribution in [0.4, 0.5) is 0 Å². The van der Waals surface area contributed by atoms with E-state index in [0.29, 0.717) is 0 Å². The number of methoxy groups -OCH3 is 1. The maximum absolute atomic E-state index is 8.00. The molecule has 0 spiro atoms. The summed E-state index contributed by atoms with van der Waals surface area (Å²) in [7, 11) is 1.72. The Bertz CT molecular complexity index is 323. The first-order valence-corrected chi connectivity index (χ1v) is 6.76. The van der Waals surface area contributed by atoms with Gasteiger partial charge in [-0.3, -0.25) is 0 Å². The van der Waals surface area contributed by atoms with Crippen molar-refractivity contribution in [3.63, 3.8) is 0 Å². The van der Waals surface area contributed by atoms with Crippen LogP contribution < -0.4 is 4.74 Å². The third kappa shape index (κ3) is 3.86. The molecule has 0 N–H and O–H groups in total. The Morgan fingerprint density at radius 3 is 2.11 bits per heavy atom. The van der Waals surface area contributed by atoms with Gasteiger partial charge in [-0.25, -0.2) is 0 Å². The van der Waals surface area contributed by atoms with Crippen molar-refractivity contribution in [3.05, 3.63) is 29.8 Å². The van der Waals surface area contributed by atoms with E-state index < -0.39 is 0 Å². The highest BCUT2D eigenvalue weighted by atomic mass is 16.5. The van der Waals surface area contributed by atoms with E-state index in [4.69, 9.17) is 9.53 Å². The highest BCUT2D eigenvalue weighted by Gasteiger charge is 2.20. The van der Waals surface area contributed by atoms with Crippen LogP contribution in [0.1, 0.15) is 50.5 Å². The van der Waals surface area contributed by atoms with E-state index in [0.717, 1.165) is 17.6 Å². The van der Waals surface area contributed by atoms with E-state index in [9.17, 15) is 0 Å². The Hall–Kier alpha value is -1.31. The van der Waals surface area contributed by atoms with Gasteiger partial charge in [-0.05, 0) is 55.2 Å². The van der Waals surface area contributed by atoms with Crippen LogP contribution in [0.15, 0.2) is 24.3 Å². The van der Waals surface area contributed by atoms with Crippen molar-refractivity contribution >= 4 is 6.79 Å². The Morgan fingerprint density at radius 1 is 1.11 bits per heavy atom. The van der Waals surface area contributed by atoms with Gasteiger partial charge in [0, 0.05) is 0 Å². The molecule has 1 aromatic rings. The third-order valence-corrected chi connectivity index (χ3v) is 4.01. The van der Waals surface area contributed by atoms with Crippen molar-refractivity contribution in [2.75, 3.05) is 7.11 Å². The van der Waals surface area contributed by atoms with Crippen LogP contribution in [0.25, 0.3) is 0 Å². The molecule has 2 heteroatoms. The number of hydrogen-bond acceptors (Lipinski definition) is 2. The van der Waals surface area contributed by atoms with Crippen molar-refractivity contribution in [1.29, 1.82) is 0 Å². The van der Waals surface area contributed by atoms with Crippen LogP contribution in [-0.4, -0.2) is 13.9 Å². The maximum Gasteiger partial charge on any atom is 0.118 e. The number of carbonyl (C=O) groups is 1. The Morgan fingerprint density at radius 2 is 1.67 bits per heavy atom. The lowest BCUT2D eigenvalue weighted by Gasteiger charge is -2.28. The number of rotatable bonds is 3. The number of hydrogen-bond donors (Lipinski definition) is 0. The average molecular weight is 248 g/mol. The minimum atomic E-state index is 0.786. The van der Waals surface area contributed by atoms with E-state index in [-0.39, 0.29) is 0 Å². The van der Waals surface area contributed by atoms with Gasteiger partial charge in [-0.1, -0.05) is 25.5 Å². The van der Waals surface area contributed by atoms with Crippen LogP contribution in [0, 0.1) is 5.92 Å². The summed E-state index contributed by atoms with van der Waals surface area (Å²) in [4.78, 5) is 8.00. The molecule has 2 rings (SSSR count). The zero-order chi connectivity index (χ0) is 13.4. The van der Waals surface area contributed by atoms with Crippen molar-refractivity contribution in [2.24, 2.45) is 5.92 Å². The van der Waals surface area contributed by atoms with Gasteiger partial charge < -0.3 is 9.53 Å². The Balaban J connectivity index is 0.000000771. The van der Waals surface area contributed by atoms with E-state index in [2.05, 4.69) is 31.2 Å². The van der Waals surface area contributed by atoms with Crippen LogP contribution in [0.3, 0.4) is 0 Å². The van der Waals surface area contributed by atoms with Gasteiger partial charge in [0.15, 0.2) is 0 Å². The molecule has 1 fully saturated rings. The standard InChI is InChI=1S/C15H22O.CH2O/c1-3-12-4-6-13(7-5-12)14-8-10-15(16-2)11-9-14;1-2/h8-13H,3-7H2,1-2H3;1H2. The molecule has 1 saturated carbocycles. The lowest BCUT2D eigenvalue weighted by atomic mass is 9.78. The van der Waals surface area contributed by atoms with Crippen LogP contribution in [0.5, 0.6) is 5.75 Å². The summed E-state index contributed by atoms with van der Waals surface area (Å²) in [5, 5.41) is 0. The van der Waals surface area contributed by atoms with Crippen LogP contribution in [0.2, 0.25) is 0 Å². The second kappa shape index (κ2) is 7.91. The molecular formula is C16H24O2. The fourth-order valence-electron chi connectivity index (χ4n) is 2.78. The predicted molar refractivity (Wildman–Crippen MR) is 75.1 cm³/mol. The molecule has 0 saturated heterocycles. The second-order valence-corrected chi connectivity index (χ2v) is 4.90. The van der Waals surface area contributed by atoms with Gasteiger partial charge >= 0.3 is 0 Å². The Kier molecular flexibility index (Phi) is 6.48. The van der Waals surface area contributed by atoms with Gasteiger partial charge in [0.25, 0.3) is 0 Å². The van der Waals surface area contributed by atoms with E-state index in [1.807, 2.05) is 6.79 Å². The molecule has 0 unspecified atom stereocenters. The summed E-state index contributed by atoms with van der Waals surface area (Å²) in [5.41, 5.74) is 1.50. The van der Waals surface area contributed by atoms with Crippen LogP contribution >= 0.6 is 0 Å². The topological polar surface area (TPSA) is 26.3 Å². The summed E-state index contributed by atoms with van der Waals surface area (Å²) in [6, 6.07) is 8.63. The van der Waals surface area contributed by atoms with Gasteiger partial charge in [0.05, 0.1) is 7.11 Å². The molecule has 0 aromatic heterocycles. The molecule has 0 atom stereocenters. The van der Waals surface area contributed by atoms with Crippen LogP contribution in [-0.2, 0) is 4.79 Å². The van der Waals surface area contributed by atoms with E-state index >= 15 is 0 Å². The summed E-state index contributed by atoms with van der Waals surface area (Å²) >= 11 is 0. The smallest absolute Gasteiger partial charge is 0.118 e. The fourth-order valence-corrected chi connectivity index (χ4v) is 2.78. The second-order valence-electron chi connectivity index (χ2n) is 4.90. The predicted octanol–water partition coefficient (Wildman–Crippen LogP) is 4.19. The molecule has 0 radical (unpaired) electrons. The van der Waals surface area contributed by atoms with Gasteiger partial charge in [-0.15, -0.1) is 0 Å². The normalized spacial score (nSPS) is 22.8.